The van der Waals surface area contributed by atoms with Crippen molar-refractivity contribution in [3.05, 3.63) is 77.3 Å². The van der Waals surface area contributed by atoms with E-state index in [2.05, 4.69) is 10.6 Å². The van der Waals surface area contributed by atoms with Gasteiger partial charge >= 0.3 is 0 Å². The molecule has 10 heteroatoms. The zero-order chi connectivity index (χ0) is 22.9. The summed E-state index contributed by atoms with van der Waals surface area (Å²) in [5, 5.41) is 12.6. The van der Waals surface area contributed by atoms with Crippen LogP contribution in [0.5, 0.6) is 0 Å². The van der Waals surface area contributed by atoms with Gasteiger partial charge in [0, 0.05) is 24.8 Å². The van der Waals surface area contributed by atoms with Crippen molar-refractivity contribution in [2.45, 2.75) is 18.4 Å². The number of nitrogens with zero attached hydrogens (tertiary/aromatic N) is 1. The Morgan fingerprint density at radius 3 is 2.22 bits per heavy atom. The molecule has 0 atom stereocenters. The quantitative estimate of drug-likeness (QED) is 0.400. The molecule has 2 heterocycles. The van der Waals surface area contributed by atoms with Crippen LogP contribution in [0, 0.1) is 0 Å². The summed E-state index contributed by atoms with van der Waals surface area (Å²) in [5.74, 6) is -0.453. The van der Waals surface area contributed by atoms with E-state index in [9.17, 15) is 18.0 Å². The summed E-state index contributed by atoms with van der Waals surface area (Å²) in [6.45, 7) is 1.92. The van der Waals surface area contributed by atoms with Crippen molar-refractivity contribution in [3.8, 4) is 0 Å². The van der Waals surface area contributed by atoms with E-state index < -0.39 is 10.0 Å². The SMILES string of the molecule is CC(=O)Nc1ccc(Cn2c(C(=O)Nc3ccc(S(N)(=O)=O)cc3)cc3sccc32)cc1. The summed E-state index contributed by atoms with van der Waals surface area (Å²) in [4.78, 5) is 24.2. The number of thiophene rings is 1. The van der Waals surface area contributed by atoms with Crippen LogP contribution in [0.4, 0.5) is 11.4 Å². The lowest BCUT2D eigenvalue weighted by Gasteiger charge is -2.12. The third-order valence-corrected chi connectivity index (χ3v) is 6.59. The number of sulfonamides is 1. The number of rotatable bonds is 6. The highest BCUT2D eigenvalue weighted by Crippen LogP contribution is 2.27. The van der Waals surface area contributed by atoms with Gasteiger partial charge in [-0.3, -0.25) is 9.59 Å². The molecule has 0 fully saturated rings. The maximum absolute atomic E-state index is 13.0. The molecule has 0 aliphatic heterocycles. The fourth-order valence-corrected chi connectivity index (χ4v) is 4.68. The molecule has 0 saturated heterocycles. The Balaban J connectivity index is 1.59. The molecule has 0 bridgehead atoms. The predicted octanol–water partition coefficient (Wildman–Crippen LogP) is 3.61. The predicted molar refractivity (Wildman–Crippen MR) is 125 cm³/mol. The molecule has 2 amide bonds. The summed E-state index contributed by atoms with van der Waals surface area (Å²) in [6, 6.07) is 16.9. The van der Waals surface area contributed by atoms with Gasteiger partial charge in [0.2, 0.25) is 15.9 Å². The Bertz CT molecular complexity index is 1400. The Morgan fingerprint density at radius 2 is 1.59 bits per heavy atom. The number of hydrogen-bond donors (Lipinski definition) is 3. The van der Waals surface area contributed by atoms with Crippen molar-refractivity contribution in [2.75, 3.05) is 10.6 Å². The number of amides is 2. The lowest BCUT2D eigenvalue weighted by molar-refractivity contribution is -0.114. The number of anilines is 2. The molecular weight excluding hydrogens is 448 g/mol. The smallest absolute Gasteiger partial charge is 0.272 e. The molecule has 0 spiro atoms. The van der Waals surface area contributed by atoms with Gasteiger partial charge in [0.1, 0.15) is 5.69 Å². The molecule has 164 valence electrons. The molecular formula is C22H20N4O4S2. The highest BCUT2D eigenvalue weighted by Gasteiger charge is 2.17. The molecule has 0 saturated carbocycles. The van der Waals surface area contributed by atoms with Crippen LogP contribution in [0.1, 0.15) is 23.0 Å². The summed E-state index contributed by atoms with van der Waals surface area (Å²) in [5.41, 5.74) is 3.55. The number of nitrogens with two attached hydrogens (primary N) is 1. The van der Waals surface area contributed by atoms with E-state index in [-0.39, 0.29) is 16.7 Å². The minimum absolute atomic E-state index is 0.0258. The zero-order valence-corrected chi connectivity index (χ0v) is 18.7. The summed E-state index contributed by atoms with van der Waals surface area (Å²) in [7, 11) is -3.80. The van der Waals surface area contributed by atoms with Crippen molar-refractivity contribution in [1.82, 2.24) is 4.57 Å². The van der Waals surface area contributed by atoms with E-state index in [1.54, 1.807) is 11.3 Å². The first-order valence-electron chi connectivity index (χ1n) is 9.58. The minimum atomic E-state index is -3.80. The molecule has 4 aromatic rings. The molecule has 0 aliphatic rings. The van der Waals surface area contributed by atoms with Crippen LogP contribution >= 0.6 is 11.3 Å². The molecule has 2 aromatic heterocycles. The van der Waals surface area contributed by atoms with Crippen LogP contribution < -0.4 is 15.8 Å². The normalized spacial score (nSPS) is 11.4. The van der Waals surface area contributed by atoms with Crippen LogP contribution in [0.15, 0.2) is 70.9 Å². The van der Waals surface area contributed by atoms with E-state index in [0.29, 0.717) is 23.6 Å². The number of hydrogen-bond acceptors (Lipinski definition) is 5. The molecule has 32 heavy (non-hydrogen) atoms. The van der Waals surface area contributed by atoms with Gasteiger partial charge < -0.3 is 15.2 Å². The second kappa shape index (κ2) is 8.58. The lowest BCUT2D eigenvalue weighted by atomic mass is 10.2. The molecule has 2 aromatic carbocycles. The van der Waals surface area contributed by atoms with Crippen LogP contribution in [-0.2, 0) is 21.4 Å². The Morgan fingerprint density at radius 1 is 0.969 bits per heavy atom. The lowest BCUT2D eigenvalue weighted by Crippen LogP contribution is -2.18. The van der Waals surface area contributed by atoms with Gasteiger partial charge in [-0.2, -0.15) is 0 Å². The van der Waals surface area contributed by atoms with E-state index in [1.165, 1.54) is 31.2 Å². The number of carbonyl (C=O) groups is 2. The average Bonchev–Trinajstić information content (AvgIpc) is 3.31. The van der Waals surface area contributed by atoms with Crippen molar-refractivity contribution in [2.24, 2.45) is 5.14 Å². The van der Waals surface area contributed by atoms with Gasteiger partial charge in [-0.15, -0.1) is 11.3 Å². The maximum Gasteiger partial charge on any atom is 0.272 e. The van der Waals surface area contributed by atoms with Gasteiger partial charge in [-0.1, -0.05) is 12.1 Å². The van der Waals surface area contributed by atoms with Gasteiger partial charge in [-0.05, 0) is 59.5 Å². The highest BCUT2D eigenvalue weighted by molar-refractivity contribution is 7.89. The number of carbonyl (C=O) groups excluding carboxylic acids is 2. The van der Waals surface area contributed by atoms with E-state index >= 15 is 0 Å². The van der Waals surface area contributed by atoms with Crippen molar-refractivity contribution in [3.63, 3.8) is 0 Å². The Kier molecular flexibility index (Phi) is 5.83. The highest BCUT2D eigenvalue weighted by atomic mass is 32.2. The second-order valence-corrected chi connectivity index (χ2v) is 9.70. The molecule has 0 radical (unpaired) electrons. The average molecular weight is 469 g/mol. The van der Waals surface area contributed by atoms with Gasteiger partial charge in [-0.25, -0.2) is 13.6 Å². The fraction of sp³-hybridized carbons (Fsp3) is 0.0909. The topological polar surface area (TPSA) is 123 Å². The van der Waals surface area contributed by atoms with Crippen molar-refractivity contribution >= 4 is 54.8 Å². The molecule has 8 nitrogen and oxygen atoms in total. The first kappa shape index (κ1) is 21.8. The minimum Gasteiger partial charge on any atom is -0.331 e. The van der Waals surface area contributed by atoms with Gasteiger partial charge in [0.25, 0.3) is 5.91 Å². The standard InChI is InChI=1S/C22H20N4O4S2/c1-14(27)24-16-4-2-15(3-5-16)13-26-19-10-11-31-21(19)12-20(26)22(28)25-17-6-8-18(9-7-17)32(23,29)30/h2-12H,13H2,1H3,(H,24,27)(H,25,28)(H2,23,29,30). The van der Waals surface area contributed by atoms with Crippen LogP contribution in [-0.4, -0.2) is 24.8 Å². The summed E-state index contributed by atoms with van der Waals surface area (Å²) < 4.78 is 25.7. The van der Waals surface area contributed by atoms with E-state index in [0.717, 1.165) is 15.8 Å². The van der Waals surface area contributed by atoms with Gasteiger partial charge in [0.05, 0.1) is 15.1 Å². The second-order valence-electron chi connectivity index (χ2n) is 7.19. The van der Waals surface area contributed by atoms with Crippen molar-refractivity contribution in [1.29, 1.82) is 0 Å². The number of primary sulfonamides is 1. The Labute approximate surface area is 188 Å². The summed E-state index contributed by atoms with van der Waals surface area (Å²) >= 11 is 1.54. The summed E-state index contributed by atoms with van der Waals surface area (Å²) in [6.07, 6.45) is 0. The number of nitrogens with one attached hydrogen (secondary N) is 2. The van der Waals surface area contributed by atoms with Crippen LogP contribution in [0.2, 0.25) is 0 Å². The molecule has 4 N–H and O–H groups in total. The van der Waals surface area contributed by atoms with E-state index in [4.69, 9.17) is 5.14 Å². The molecule has 0 unspecified atom stereocenters. The monoisotopic (exact) mass is 468 g/mol. The number of benzene rings is 2. The zero-order valence-electron chi connectivity index (χ0n) is 17.0. The largest absolute Gasteiger partial charge is 0.331 e. The van der Waals surface area contributed by atoms with Crippen LogP contribution in [0.3, 0.4) is 0 Å². The maximum atomic E-state index is 13.0. The van der Waals surface area contributed by atoms with E-state index in [1.807, 2.05) is 46.3 Å². The van der Waals surface area contributed by atoms with Gasteiger partial charge in [0.15, 0.2) is 0 Å². The molecule has 0 aliphatic carbocycles. The third-order valence-electron chi connectivity index (χ3n) is 4.81. The van der Waals surface area contributed by atoms with Crippen LogP contribution in [0.25, 0.3) is 10.2 Å². The first-order valence-corrected chi connectivity index (χ1v) is 12.0. The van der Waals surface area contributed by atoms with Crippen molar-refractivity contribution < 1.29 is 18.0 Å². The number of aromatic nitrogens is 1. The fourth-order valence-electron chi connectivity index (χ4n) is 3.34. The number of fused-ring (bicyclic) bond motifs is 1. The first-order chi connectivity index (χ1) is 15.2. The molecule has 4 rings (SSSR count). The third kappa shape index (κ3) is 4.72. The Hall–Kier alpha value is -3.47.